The lowest BCUT2D eigenvalue weighted by atomic mass is 9.79. The van der Waals surface area contributed by atoms with Gasteiger partial charge in [-0.1, -0.05) is 62.4 Å². The molecule has 2 aromatic carbocycles. The van der Waals surface area contributed by atoms with Gasteiger partial charge in [0, 0.05) is 11.5 Å². The molecule has 1 unspecified atom stereocenters. The van der Waals surface area contributed by atoms with E-state index in [9.17, 15) is 4.79 Å². The van der Waals surface area contributed by atoms with Crippen molar-refractivity contribution in [2.45, 2.75) is 39.0 Å². The van der Waals surface area contributed by atoms with E-state index >= 15 is 0 Å². The highest BCUT2D eigenvalue weighted by Gasteiger charge is 2.26. The third-order valence-corrected chi connectivity index (χ3v) is 4.54. The van der Waals surface area contributed by atoms with Crippen LogP contribution in [-0.2, 0) is 12.8 Å². The van der Waals surface area contributed by atoms with Gasteiger partial charge in [-0.05, 0) is 41.9 Å². The molecule has 0 heterocycles. The van der Waals surface area contributed by atoms with Crippen LogP contribution >= 0.6 is 0 Å². The van der Waals surface area contributed by atoms with E-state index in [0.717, 1.165) is 24.8 Å². The van der Waals surface area contributed by atoms with Crippen molar-refractivity contribution in [2.24, 2.45) is 5.92 Å². The highest BCUT2D eigenvalue weighted by Crippen LogP contribution is 2.28. The maximum atomic E-state index is 12.6. The summed E-state index contributed by atoms with van der Waals surface area (Å²) in [4.78, 5) is 12.6. The molecule has 0 bridgehead atoms. The van der Waals surface area contributed by atoms with Crippen LogP contribution in [-0.4, -0.2) is 5.78 Å². The van der Waals surface area contributed by atoms with Crippen molar-refractivity contribution < 1.29 is 4.79 Å². The van der Waals surface area contributed by atoms with Crippen molar-refractivity contribution in [3.8, 4) is 0 Å². The minimum atomic E-state index is 0.143. The van der Waals surface area contributed by atoms with E-state index in [1.165, 1.54) is 16.7 Å². The Labute approximate surface area is 127 Å². The fraction of sp³-hybridized carbons (Fsp3) is 0.350. The van der Waals surface area contributed by atoms with Crippen molar-refractivity contribution in [2.75, 3.05) is 0 Å². The minimum absolute atomic E-state index is 0.143. The Morgan fingerprint density at radius 2 is 1.76 bits per heavy atom. The second-order valence-electron chi connectivity index (χ2n) is 6.36. The molecule has 1 nitrogen and oxygen atoms in total. The van der Waals surface area contributed by atoms with Gasteiger partial charge in [-0.2, -0.15) is 0 Å². The Balaban J connectivity index is 1.76. The van der Waals surface area contributed by atoms with E-state index in [4.69, 9.17) is 0 Å². The molecule has 3 rings (SSSR count). The summed E-state index contributed by atoms with van der Waals surface area (Å²) < 4.78 is 0. The summed E-state index contributed by atoms with van der Waals surface area (Å²) in [7, 11) is 0. The van der Waals surface area contributed by atoms with E-state index in [1.54, 1.807) is 0 Å². The molecule has 1 aliphatic rings. The molecule has 1 aliphatic carbocycles. The maximum Gasteiger partial charge on any atom is 0.166 e. The predicted molar refractivity (Wildman–Crippen MR) is 86.8 cm³/mol. The largest absolute Gasteiger partial charge is 0.294 e. The van der Waals surface area contributed by atoms with Gasteiger partial charge in [-0.25, -0.2) is 0 Å². The number of ketones is 1. The molecule has 0 saturated heterocycles. The third kappa shape index (κ3) is 2.92. The van der Waals surface area contributed by atoms with Crippen LogP contribution in [0.1, 0.15) is 53.2 Å². The number of aryl methyl sites for hydroxylation is 1. The van der Waals surface area contributed by atoms with Crippen molar-refractivity contribution in [3.63, 3.8) is 0 Å². The highest BCUT2D eigenvalue weighted by atomic mass is 16.1. The van der Waals surface area contributed by atoms with Crippen molar-refractivity contribution >= 4 is 5.78 Å². The molecule has 0 aromatic heterocycles. The molecule has 0 fully saturated rings. The summed E-state index contributed by atoms with van der Waals surface area (Å²) in [5.74, 6) is 1.02. The summed E-state index contributed by atoms with van der Waals surface area (Å²) in [5, 5.41) is 0. The van der Waals surface area contributed by atoms with Crippen LogP contribution in [0.3, 0.4) is 0 Å². The quantitative estimate of drug-likeness (QED) is 0.788. The van der Waals surface area contributed by atoms with Gasteiger partial charge >= 0.3 is 0 Å². The summed E-state index contributed by atoms with van der Waals surface area (Å²) in [5.41, 5.74) is 4.79. The molecule has 1 atom stereocenters. The molecule has 0 radical (unpaired) electrons. The Morgan fingerprint density at radius 3 is 2.48 bits per heavy atom. The van der Waals surface area contributed by atoms with Gasteiger partial charge in [-0.3, -0.25) is 4.79 Å². The first-order valence-corrected chi connectivity index (χ1v) is 7.86. The Morgan fingerprint density at radius 1 is 1.05 bits per heavy atom. The van der Waals surface area contributed by atoms with Crippen LogP contribution < -0.4 is 0 Å². The Kier molecular flexibility index (Phi) is 3.92. The minimum Gasteiger partial charge on any atom is -0.294 e. The number of Topliss-reactive ketones (excluding diaryl/α,β-unsaturated/α-hetero) is 1. The number of rotatable bonds is 3. The van der Waals surface area contributed by atoms with Crippen LogP contribution in [0, 0.1) is 5.92 Å². The van der Waals surface area contributed by atoms with Gasteiger partial charge in [0.05, 0.1) is 0 Å². The summed E-state index contributed by atoms with van der Waals surface area (Å²) in [6, 6.07) is 16.8. The van der Waals surface area contributed by atoms with Crippen LogP contribution in [0.4, 0.5) is 0 Å². The normalized spacial score (nSPS) is 17.9. The van der Waals surface area contributed by atoms with Crippen LogP contribution in [0.15, 0.2) is 48.5 Å². The molecule has 0 N–H and O–H groups in total. The second kappa shape index (κ2) is 5.85. The molecule has 0 spiro atoms. The summed E-state index contributed by atoms with van der Waals surface area (Å²) in [6.07, 6.45) is 2.87. The number of hydrogen-bond donors (Lipinski definition) is 0. The molecule has 0 saturated carbocycles. The van der Waals surface area contributed by atoms with E-state index < -0.39 is 0 Å². The lowest BCUT2D eigenvalue weighted by Crippen LogP contribution is -2.24. The first-order chi connectivity index (χ1) is 10.1. The standard InChI is InChI=1S/C20H22O/c1-14(2)16-9-7-15(8-10-16)13-18-12-11-17-5-3-4-6-19(17)20(18)21/h3-10,14,18H,11-13H2,1-2H3. The number of carbonyl (C=O) groups is 1. The fourth-order valence-electron chi connectivity index (χ4n) is 3.18. The number of carbonyl (C=O) groups excluding carboxylic acids is 1. The lowest BCUT2D eigenvalue weighted by molar-refractivity contribution is 0.0901. The summed E-state index contributed by atoms with van der Waals surface area (Å²) in [6.45, 7) is 4.41. The van der Waals surface area contributed by atoms with E-state index in [0.29, 0.717) is 11.7 Å². The zero-order chi connectivity index (χ0) is 14.8. The number of hydrogen-bond acceptors (Lipinski definition) is 1. The number of benzene rings is 2. The average molecular weight is 278 g/mol. The topological polar surface area (TPSA) is 17.1 Å². The van der Waals surface area contributed by atoms with Gasteiger partial charge in [0.1, 0.15) is 0 Å². The third-order valence-electron chi connectivity index (χ3n) is 4.54. The first kappa shape index (κ1) is 14.1. The molecule has 108 valence electrons. The molecule has 21 heavy (non-hydrogen) atoms. The van der Waals surface area contributed by atoms with Crippen LogP contribution in [0.2, 0.25) is 0 Å². The van der Waals surface area contributed by atoms with Gasteiger partial charge in [0.15, 0.2) is 5.78 Å². The fourth-order valence-corrected chi connectivity index (χ4v) is 3.18. The molecule has 0 aliphatic heterocycles. The zero-order valence-corrected chi connectivity index (χ0v) is 12.8. The Bertz CT molecular complexity index is 637. The van der Waals surface area contributed by atoms with Crippen LogP contribution in [0.25, 0.3) is 0 Å². The summed E-state index contributed by atoms with van der Waals surface area (Å²) >= 11 is 0. The average Bonchev–Trinajstić information content (AvgIpc) is 2.51. The van der Waals surface area contributed by atoms with Gasteiger partial charge in [0.25, 0.3) is 0 Å². The van der Waals surface area contributed by atoms with Crippen molar-refractivity contribution in [3.05, 3.63) is 70.8 Å². The molecular formula is C20H22O. The zero-order valence-electron chi connectivity index (χ0n) is 12.8. The van der Waals surface area contributed by atoms with E-state index in [1.807, 2.05) is 18.2 Å². The smallest absolute Gasteiger partial charge is 0.166 e. The molecule has 0 amide bonds. The van der Waals surface area contributed by atoms with Crippen molar-refractivity contribution in [1.29, 1.82) is 0 Å². The predicted octanol–water partition coefficient (Wildman–Crippen LogP) is 4.80. The second-order valence-corrected chi connectivity index (χ2v) is 6.36. The Hall–Kier alpha value is -1.89. The van der Waals surface area contributed by atoms with Gasteiger partial charge < -0.3 is 0 Å². The van der Waals surface area contributed by atoms with Crippen LogP contribution in [0.5, 0.6) is 0 Å². The molecular weight excluding hydrogens is 256 g/mol. The maximum absolute atomic E-state index is 12.6. The van der Waals surface area contributed by atoms with Crippen molar-refractivity contribution in [1.82, 2.24) is 0 Å². The number of fused-ring (bicyclic) bond motifs is 1. The molecule has 1 heteroatoms. The lowest BCUT2D eigenvalue weighted by Gasteiger charge is -2.23. The highest BCUT2D eigenvalue weighted by molar-refractivity contribution is 6.00. The first-order valence-electron chi connectivity index (χ1n) is 7.86. The van der Waals surface area contributed by atoms with Gasteiger partial charge in [0.2, 0.25) is 0 Å². The molecule has 2 aromatic rings. The van der Waals surface area contributed by atoms with E-state index in [-0.39, 0.29) is 5.92 Å². The monoisotopic (exact) mass is 278 g/mol. The SMILES string of the molecule is CC(C)c1ccc(CC2CCc3ccccc3C2=O)cc1. The van der Waals surface area contributed by atoms with E-state index in [2.05, 4.69) is 44.2 Å². The van der Waals surface area contributed by atoms with Gasteiger partial charge in [-0.15, -0.1) is 0 Å².